The largest absolute Gasteiger partial charge is 0.341 e. The Labute approximate surface area is 180 Å². The highest BCUT2D eigenvalue weighted by Crippen LogP contribution is 2.44. The number of H-pyrrole nitrogens is 1. The highest BCUT2D eigenvalue weighted by molar-refractivity contribution is 8.09. The van der Waals surface area contributed by atoms with Crippen LogP contribution in [-0.2, 0) is 0 Å². The predicted molar refractivity (Wildman–Crippen MR) is 122 cm³/mol. The van der Waals surface area contributed by atoms with Crippen molar-refractivity contribution in [1.29, 1.82) is 0 Å². The van der Waals surface area contributed by atoms with Crippen LogP contribution in [0.5, 0.6) is 0 Å². The van der Waals surface area contributed by atoms with Gasteiger partial charge in [-0.1, -0.05) is 65.8 Å². The summed E-state index contributed by atoms with van der Waals surface area (Å²) in [5.41, 5.74) is 5.49. The Morgan fingerprint density at radius 3 is 2.79 bits per heavy atom. The van der Waals surface area contributed by atoms with Crippen molar-refractivity contribution in [2.45, 2.75) is 31.7 Å². The first-order chi connectivity index (χ1) is 14.0. The maximum absolute atomic E-state index is 6.31. The Kier molecular flexibility index (Phi) is 4.69. The fourth-order valence-electron chi connectivity index (χ4n) is 4.15. The molecule has 3 heterocycles. The van der Waals surface area contributed by atoms with E-state index in [-0.39, 0.29) is 6.04 Å². The van der Waals surface area contributed by atoms with Gasteiger partial charge >= 0.3 is 0 Å². The van der Waals surface area contributed by atoms with Crippen molar-refractivity contribution in [2.75, 3.05) is 6.54 Å². The molecule has 1 fully saturated rings. The minimum atomic E-state index is 0.141. The summed E-state index contributed by atoms with van der Waals surface area (Å²) in [5, 5.41) is 5.82. The van der Waals surface area contributed by atoms with E-state index in [1.54, 1.807) is 0 Å². The first-order valence-corrected chi connectivity index (χ1v) is 11.1. The number of hydrazine groups is 1. The van der Waals surface area contributed by atoms with Crippen LogP contribution in [-0.4, -0.2) is 31.9 Å². The highest BCUT2D eigenvalue weighted by Gasteiger charge is 2.38. The zero-order valence-electron chi connectivity index (χ0n) is 16.5. The predicted octanol–water partition coefficient (Wildman–Crippen LogP) is 6.14. The second kappa shape index (κ2) is 7.24. The number of hydrogen-bond acceptors (Lipinski definition) is 4. The number of imidazole rings is 1. The summed E-state index contributed by atoms with van der Waals surface area (Å²) >= 11 is 8.20. The molecule has 5 rings (SSSR count). The van der Waals surface area contributed by atoms with Gasteiger partial charge in [-0.25, -0.2) is 9.99 Å². The molecule has 29 heavy (non-hydrogen) atoms. The lowest BCUT2D eigenvalue weighted by Gasteiger charge is -2.35. The number of benzene rings is 2. The van der Waals surface area contributed by atoms with Gasteiger partial charge in [-0.15, -0.1) is 0 Å². The molecule has 0 spiro atoms. The Hall–Kier alpha value is -2.21. The van der Waals surface area contributed by atoms with E-state index in [2.05, 4.69) is 65.0 Å². The van der Waals surface area contributed by atoms with Gasteiger partial charge < -0.3 is 4.98 Å². The molecule has 2 aromatic carbocycles. The Morgan fingerprint density at radius 1 is 1.21 bits per heavy atom. The van der Waals surface area contributed by atoms with Gasteiger partial charge in [0, 0.05) is 22.7 Å². The third kappa shape index (κ3) is 3.27. The molecule has 2 aliphatic heterocycles. The Morgan fingerprint density at radius 2 is 2.00 bits per heavy atom. The number of aromatic nitrogens is 2. The van der Waals surface area contributed by atoms with E-state index in [0.29, 0.717) is 5.37 Å². The van der Waals surface area contributed by atoms with Crippen LogP contribution in [0.1, 0.15) is 36.3 Å². The van der Waals surface area contributed by atoms with E-state index < -0.39 is 0 Å². The average molecular weight is 423 g/mol. The number of aryl methyl sites for hydroxylation is 1. The molecule has 148 valence electrons. The zero-order chi connectivity index (χ0) is 20.1. The number of thioether (sulfide) groups is 1. The second-order valence-electron chi connectivity index (χ2n) is 7.71. The molecule has 0 aliphatic carbocycles. The molecule has 0 saturated carbocycles. The van der Waals surface area contributed by atoms with Crippen LogP contribution in [0.2, 0.25) is 5.02 Å². The fourth-order valence-corrected chi connectivity index (χ4v) is 5.40. The van der Waals surface area contributed by atoms with Crippen molar-refractivity contribution in [2.24, 2.45) is 0 Å². The van der Waals surface area contributed by atoms with E-state index in [9.17, 15) is 0 Å². The maximum Gasteiger partial charge on any atom is 0.126 e. The summed E-state index contributed by atoms with van der Waals surface area (Å²) in [5.74, 6) is 0.975. The summed E-state index contributed by atoms with van der Waals surface area (Å²) in [7, 11) is 0. The molecule has 0 amide bonds. The van der Waals surface area contributed by atoms with Gasteiger partial charge in [0.25, 0.3) is 0 Å². The lowest BCUT2D eigenvalue weighted by Crippen LogP contribution is -2.41. The highest BCUT2D eigenvalue weighted by atomic mass is 35.5. The van der Waals surface area contributed by atoms with Crippen LogP contribution in [0.3, 0.4) is 0 Å². The summed E-state index contributed by atoms with van der Waals surface area (Å²) in [6, 6.07) is 14.7. The maximum atomic E-state index is 6.31. The number of hydrogen-bond donors (Lipinski definition) is 1. The third-order valence-electron chi connectivity index (χ3n) is 5.68. The molecule has 1 saturated heterocycles. The minimum absolute atomic E-state index is 0.141. The summed E-state index contributed by atoms with van der Waals surface area (Å²) < 4.78 is 0. The van der Waals surface area contributed by atoms with Gasteiger partial charge in [-0.2, -0.15) is 0 Å². The second-order valence-corrected chi connectivity index (χ2v) is 9.48. The standard InChI is InChI=1S/C23H23ClN4S/c1-14-11-20(23-25-19-10-9-18(24)15(2)22(19)26-23)28(12-14)27-13-21(29-16(27)3)17-7-5-4-6-8-17/h4-10,13,16,20H,1,11-12H2,2-3H3,(H,25,26)/t16?,20-/m0/s1. The number of aromatic amines is 1. The Balaban J connectivity index is 1.50. The monoisotopic (exact) mass is 422 g/mol. The van der Waals surface area contributed by atoms with Crippen LogP contribution in [0.25, 0.3) is 15.9 Å². The van der Waals surface area contributed by atoms with Crippen molar-refractivity contribution in [3.05, 3.63) is 82.8 Å². The molecule has 2 atom stereocenters. The Bertz CT molecular complexity index is 1120. The van der Waals surface area contributed by atoms with Crippen LogP contribution < -0.4 is 0 Å². The first kappa shape index (κ1) is 18.8. The average Bonchev–Trinajstić information content (AvgIpc) is 3.42. The number of nitrogens with one attached hydrogen (secondary N) is 1. The lowest BCUT2D eigenvalue weighted by molar-refractivity contribution is 0.00422. The molecule has 4 nitrogen and oxygen atoms in total. The van der Waals surface area contributed by atoms with Gasteiger partial charge in [0.15, 0.2) is 0 Å². The van der Waals surface area contributed by atoms with Crippen molar-refractivity contribution in [3.63, 3.8) is 0 Å². The van der Waals surface area contributed by atoms with Crippen LogP contribution in [0, 0.1) is 6.92 Å². The molecule has 0 bridgehead atoms. The number of fused-ring (bicyclic) bond motifs is 1. The van der Waals surface area contributed by atoms with Crippen LogP contribution in [0.15, 0.2) is 60.8 Å². The van der Waals surface area contributed by atoms with E-state index in [1.807, 2.05) is 30.8 Å². The summed E-state index contributed by atoms with van der Waals surface area (Å²) in [6.07, 6.45) is 3.16. The lowest BCUT2D eigenvalue weighted by atomic mass is 10.2. The molecule has 2 aliphatic rings. The molecule has 1 aromatic heterocycles. The minimum Gasteiger partial charge on any atom is -0.341 e. The van der Waals surface area contributed by atoms with Crippen molar-refractivity contribution < 1.29 is 0 Å². The van der Waals surface area contributed by atoms with Gasteiger partial charge in [0.1, 0.15) is 5.82 Å². The van der Waals surface area contributed by atoms with E-state index in [4.69, 9.17) is 16.6 Å². The van der Waals surface area contributed by atoms with Crippen molar-refractivity contribution in [3.8, 4) is 0 Å². The van der Waals surface area contributed by atoms with E-state index in [1.165, 1.54) is 16.0 Å². The van der Waals surface area contributed by atoms with Gasteiger partial charge in [0.2, 0.25) is 0 Å². The fraction of sp³-hybridized carbons (Fsp3) is 0.261. The van der Waals surface area contributed by atoms with Crippen molar-refractivity contribution in [1.82, 2.24) is 20.0 Å². The molecule has 0 radical (unpaired) electrons. The molecule has 1 unspecified atom stereocenters. The van der Waals surface area contributed by atoms with Crippen molar-refractivity contribution >= 4 is 39.3 Å². The molecular formula is C23H23ClN4S. The topological polar surface area (TPSA) is 35.2 Å². The molecule has 6 heteroatoms. The molecular weight excluding hydrogens is 400 g/mol. The summed E-state index contributed by atoms with van der Waals surface area (Å²) in [6.45, 7) is 9.39. The number of halogens is 1. The van der Waals surface area contributed by atoms with E-state index >= 15 is 0 Å². The van der Waals surface area contributed by atoms with Gasteiger partial charge in [0.05, 0.1) is 22.4 Å². The third-order valence-corrected chi connectivity index (χ3v) is 7.24. The number of rotatable bonds is 3. The smallest absolute Gasteiger partial charge is 0.126 e. The van der Waals surface area contributed by atoms with Gasteiger partial charge in [-0.3, -0.25) is 5.01 Å². The van der Waals surface area contributed by atoms with E-state index in [0.717, 1.165) is 40.4 Å². The number of nitrogens with zero attached hydrogens (tertiary/aromatic N) is 3. The van der Waals surface area contributed by atoms with Crippen LogP contribution >= 0.6 is 23.4 Å². The van der Waals surface area contributed by atoms with Gasteiger partial charge in [-0.05, 0) is 43.5 Å². The normalized spacial score (nSPS) is 22.7. The summed E-state index contributed by atoms with van der Waals surface area (Å²) in [4.78, 5) is 9.76. The first-order valence-electron chi connectivity index (χ1n) is 9.81. The molecule has 3 aromatic rings. The SMILES string of the molecule is C=C1C[C@@H](c2nc3c(C)c(Cl)ccc3[nH]2)N(N2C=C(c3ccccc3)SC2C)C1. The quantitative estimate of drug-likeness (QED) is 0.514. The zero-order valence-corrected chi connectivity index (χ0v) is 18.1. The van der Waals surface area contributed by atoms with Crippen LogP contribution in [0.4, 0.5) is 0 Å². The molecule has 1 N–H and O–H groups in total.